The molecule has 22 heavy (non-hydrogen) atoms. The van der Waals surface area contributed by atoms with Crippen LogP contribution in [0.15, 0.2) is 24.5 Å². The smallest absolute Gasteiger partial charge is 0.309 e. The molecule has 5 nitrogen and oxygen atoms in total. The number of carbonyl (C=O) groups is 1. The topological polar surface area (TPSA) is 55.3 Å². The zero-order valence-corrected chi connectivity index (χ0v) is 12.6. The van der Waals surface area contributed by atoms with Gasteiger partial charge in [-0.3, -0.25) is 4.79 Å². The van der Waals surface area contributed by atoms with Crippen LogP contribution in [0.4, 0.5) is 10.2 Å². The zero-order chi connectivity index (χ0) is 15.7. The second-order valence-corrected chi connectivity index (χ2v) is 5.67. The van der Waals surface area contributed by atoms with Crippen LogP contribution < -0.4 is 4.90 Å². The lowest BCUT2D eigenvalue weighted by atomic mass is 9.87. The number of halogens is 1. The fourth-order valence-electron chi connectivity index (χ4n) is 3.13. The number of esters is 1. The van der Waals surface area contributed by atoms with E-state index in [2.05, 4.69) is 14.9 Å². The first-order chi connectivity index (χ1) is 10.6. The lowest BCUT2D eigenvalue weighted by molar-refractivity contribution is -0.147. The number of aromatic nitrogens is 2. The summed E-state index contributed by atoms with van der Waals surface area (Å²) in [6.45, 7) is 3.40. The van der Waals surface area contributed by atoms with Crippen molar-refractivity contribution in [3.8, 4) is 0 Å². The van der Waals surface area contributed by atoms with E-state index < -0.39 is 0 Å². The summed E-state index contributed by atoms with van der Waals surface area (Å²) in [5.74, 6) is 0.273. The lowest BCUT2D eigenvalue weighted by Crippen LogP contribution is -2.43. The maximum atomic E-state index is 13.9. The number of carbonyl (C=O) groups excluding carboxylic acids is 1. The second-order valence-electron chi connectivity index (χ2n) is 5.67. The fourth-order valence-corrected chi connectivity index (χ4v) is 3.13. The van der Waals surface area contributed by atoms with E-state index >= 15 is 0 Å². The molecule has 1 fully saturated rings. The van der Waals surface area contributed by atoms with Gasteiger partial charge in [0.1, 0.15) is 23.5 Å². The minimum absolute atomic E-state index is 0.0916. The molecule has 1 aromatic carbocycles. The van der Waals surface area contributed by atoms with Gasteiger partial charge in [0, 0.05) is 18.5 Å². The van der Waals surface area contributed by atoms with Crippen molar-refractivity contribution in [3.05, 3.63) is 30.3 Å². The first kappa shape index (κ1) is 14.7. The average molecular weight is 303 g/mol. The van der Waals surface area contributed by atoms with Crippen molar-refractivity contribution in [2.75, 3.05) is 25.1 Å². The molecule has 1 aliphatic heterocycles. The van der Waals surface area contributed by atoms with Crippen molar-refractivity contribution in [3.63, 3.8) is 0 Å². The number of rotatable bonds is 2. The quantitative estimate of drug-likeness (QED) is 0.797. The molecule has 2 unspecified atom stereocenters. The Bertz CT molecular complexity index is 707. The Morgan fingerprint density at radius 2 is 2.23 bits per heavy atom. The van der Waals surface area contributed by atoms with Crippen LogP contribution in [0.25, 0.3) is 10.9 Å². The number of hydrogen-bond acceptors (Lipinski definition) is 5. The van der Waals surface area contributed by atoms with Crippen molar-refractivity contribution in [2.24, 2.45) is 11.8 Å². The maximum absolute atomic E-state index is 13.9. The standard InChI is InChI=1S/C16H18FN3O2/c1-10-8-20(7-6-11(10)16(21)22-2)15-12-4-3-5-13(17)14(12)18-9-19-15/h3-5,9-11H,6-8H2,1-2H3. The molecule has 2 atom stereocenters. The molecule has 0 saturated carbocycles. The Kier molecular flexibility index (Phi) is 3.92. The molecule has 0 spiro atoms. The largest absolute Gasteiger partial charge is 0.469 e. The third-order valence-electron chi connectivity index (χ3n) is 4.30. The Hall–Kier alpha value is -2.24. The first-order valence-corrected chi connectivity index (χ1v) is 7.34. The van der Waals surface area contributed by atoms with Crippen LogP contribution in [0.3, 0.4) is 0 Å². The summed E-state index contributed by atoms with van der Waals surface area (Å²) in [6, 6.07) is 4.88. The Morgan fingerprint density at radius 3 is 2.95 bits per heavy atom. The third kappa shape index (κ3) is 2.49. The molecule has 116 valence electrons. The number of nitrogens with zero attached hydrogens (tertiary/aromatic N) is 3. The monoisotopic (exact) mass is 303 g/mol. The molecule has 2 heterocycles. The van der Waals surface area contributed by atoms with Gasteiger partial charge in [-0.15, -0.1) is 0 Å². The molecular formula is C16H18FN3O2. The van der Waals surface area contributed by atoms with Crippen LogP contribution in [0.5, 0.6) is 0 Å². The predicted octanol–water partition coefficient (Wildman–Crippen LogP) is 2.40. The molecule has 3 rings (SSSR count). The molecule has 2 aromatic rings. The summed E-state index contributed by atoms with van der Waals surface area (Å²) < 4.78 is 18.7. The molecule has 1 saturated heterocycles. The Morgan fingerprint density at radius 1 is 1.41 bits per heavy atom. The van der Waals surface area contributed by atoms with Crippen molar-refractivity contribution < 1.29 is 13.9 Å². The average Bonchev–Trinajstić information content (AvgIpc) is 2.54. The van der Waals surface area contributed by atoms with Gasteiger partial charge in [0.2, 0.25) is 0 Å². The number of piperidine rings is 1. The highest BCUT2D eigenvalue weighted by Crippen LogP contribution is 2.31. The summed E-state index contributed by atoms with van der Waals surface area (Å²) >= 11 is 0. The van der Waals surface area contributed by atoms with E-state index in [1.54, 1.807) is 6.07 Å². The van der Waals surface area contributed by atoms with Crippen LogP contribution in [-0.4, -0.2) is 36.1 Å². The van der Waals surface area contributed by atoms with Crippen LogP contribution in [0, 0.1) is 17.7 Å². The summed E-state index contributed by atoms with van der Waals surface area (Å²) in [5.41, 5.74) is 0.329. The number of anilines is 1. The molecule has 1 aliphatic rings. The number of benzene rings is 1. The normalized spacial score (nSPS) is 21.9. The highest BCUT2D eigenvalue weighted by molar-refractivity contribution is 5.89. The third-order valence-corrected chi connectivity index (χ3v) is 4.30. The summed E-state index contributed by atoms with van der Waals surface area (Å²) in [4.78, 5) is 22.2. The highest BCUT2D eigenvalue weighted by Gasteiger charge is 2.33. The second kappa shape index (κ2) is 5.87. The van der Waals surface area contributed by atoms with Crippen LogP contribution in [-0.2, 0) is 9.53 Å². The van der Waals surface area contributed by atoms with Gasteiger partial charge in [-0.25, -0.2) is 14.4 Å². The van der Waals surface area contributed by atoms with Gasteiger partial charge in [0.25, 0.3) is 0 Å². The van der Waals surface area contributed by atoms with Gasteiger partial charge in [0.05, 0.1) is 13.0 Å². The lowest BCUT2D eigenvalue weighted by Gasteiger charge is -2.36. The van der Waals surface area contributed by atoms with E-state index in [0.29, 0.717) is 30.4 Å². The van der Waals surface area contributed by atoms with Gasteiger partial charge in [0.15, 0.2) is 0 Å². The van der Waals surface area contributed by atoms with E-state index in [1.807, 2.05) is 13.0 Å². The van der Waals surface area contributed by atoms with E-state index in [-0.39, 0.29) is 23.6 Å². The van der Waals surface area contributed by atoms with Crippen LogP contribution in [0.2, 0.25) is 0 Å². The SMILES string of the molecule is COC(=O)C1CCN(c2ncnc3c(F)cccc23)CC1C. The molecule has 6 heteroatoms. The van der Waals surface area contributed by atoms with Gasteiger partial charge in [-0.2, -0.15) is 0 Å². The minimum Gasteiger partial charge on any atom is -0.469 e. The zero-order valence-electron chi connectivity index (χ0n) is 12.6. The summed E-state index contributed by atoms with van der Waals surface area (Å²) in [5, 5.41) is 0.700. The number of fused-ring (bicyclic) bond motifs is 1. The Labute approximate surface area is 128 Å². The van der Waals surface area contributed by atoms with E-state index in [1.165, 1.54) is 19.5 Å². The van der Waals surface area contributed by atoms with Gasteiger partial charge in [-0.05, 0) is 24.5 Å². The number of para-hydroxylation sites is 1. The fraction of sp³-hybridized carbons (Fsp3) is 0.438. The molecule has 0 radical (unpaired) electrons. The van der Waals surface area contributed by atoms with Gasteiger partial charge >= 0.3 is 5.97 Å². The summed E-state index contributed by atoms with van der Waals surface area (Å²) in [6.07, 6.45) is 2.09. The number of methoxy groups -OCH3 is 1. The molecule has 0 amide bonds. The van der Waals surface area contributed by atoms with Gasteiger partial charge in [-0.1, -0.05) is 13.0 Å². The van der Waals surface area contributed by atoms with Crippen molar-refractivity contribution >= 4 is 22.7 Å². The minimum atomic E-state index is -0.348. The Balaban J connectivity index is 1.91. The number of hydrogen-bond donors (Lipinski definition) is 0. The number of ether oxygens (including phenoxy) is 1. The molecule has 0 N–H and O–H groups in total. The van der Waals surface area contributed by atoms with Crippen molar-refractivity contribution in [1.29, 1.82) is 0 Å². The van der Waals surface area contributed by atoms with E-state index in [9.17, 15) is 9.18 Å². The van der Waals surface area contributed by atoms with Crippen molar-refractivity contribution in [1.82, 2.24) is 9.97 Å². The molecule has 0 aliphatic carbocycles. The van der Waals surface area contributed by atoms with Crippen LogP contribution in [0.1, 0.15) is 13.3 Å². The first-order valence-electron chi connectivity index (χ1n) is 7.34. The highest BCUT2D eigenvalue weighted by atomic mass is 19.1. The van der Waals surface area contributed by atoms with E-state index in [0.717, 1.165) is 5.82 Å². The van der Waals surface area contributed by atoms with Crippen molar-refractivity contribution in [2.45, 2.75) is 13.3 Å². The maximum Gasteiger partial charge on any atom is 0.309 e. The molecule has 1 aromatic heterocycles. The van der Waals surface area contributed by atoms with E-state index in [4.69, 9.17) is 4.74 Å². The molecular weight excluding hydrogens is 285 g/mol. The molecule has 0 bridgehead atoms. The van der Waals surface area contributed by atoms with Gasteiger partial charge < -0.3 is 9.64 Å². The van der Waals surface area contributed by atoms with Crippen LogP contribution >= 0.6 is 0 Å². The predicted molar refractivity (Wildman–Crippen MR) is 81.0 cm³/mol. The summed E-state index contributed by atoms with van der Waals surface area (Å²) in [7, 11) is 1.42.